The van der Waals surface area contributed by atoms with Crippen LogP contribution in [0.1, 0.15) is 12.5 Å². The Morgan fingerprint density at radius 1 is 1.14 bits per heavy atom. The molecule has 2 N–H and O–H groups in total. The minimum absolute atomic E-state index is 0.296. The Bertz CT molecular complexity index is 451. The van der Waals surface area contributed by atoms with E-state index in [1.165, 1.54) is 0 Å². The van der Waals surface area contributed by atoms with Gasteiger partial charge in [0.05, 0.1) is 13.2 Å². The molecule has 116 valence electrons. The number of hydrogen-bond acceptors (Lipinski definition) is 6. The van der Waals surface area contributed by atoms with E-state index in [2.05, 4.69) is 0 Å². The normalized spacial score (nSPS) is 39.8. The molecule has 6 nitrogen and oxygen atoms in total. The van der Waals surface area contributed by atoms with Crippen LogP contribution in [-0.4, -0.2) is 53.8 Å². The van der Waals surface area contributed by atoms with Crippen molar-refractivity contribution in [3.05, 3.63) is 35.9 Å². The van der Waals surface area contributed by atoms with Crippen LogP contribution in [0.5, 0.6) is 0 Å². The molecule has 6 atom stereocenters. The zero-order valence-electron chi connectivity index (χ0n) is 11.8. The first-order chi connectivity index (χ1) is 10.1. The summed E-state index contributed by atoms with van der Waals surface area (Å²) in [5, 5.41) is 20.3. The molecule has 2 heterocycles. The van der Waals surface area contributed by atoms with Crippen molar-refractivity contribution < 1.29 is 29.2 Å². The van der Waals surface area contributed by atoms with Crippen LogP contribution in [0.4, 0.5) is 0 Å². The number of ether oxygens (including phenoxy) is 4. The van der Waals surface area contributed by atoms with Crippen LogP contribution in [-0.2, 0) is 25.6 Å². The summed E-state index contributed by atoms with van der Waals surface area (Å²) >= 11 is 0. The van der Waals surface area contributed by atoms with Crippen molar-refractivity contribution >= 4 is 0 Å². The summed E-state index contributed by atoms with van der Waals surface area (Å²) in [6.07, 6.45) is -4.57. The molecule has 1 unspecified atom stereocenters. The Labute approximate surface area is 123 Å². The maximum atomic E-state index is 10.2. The van der Waals surface area contributed by atoms with E-state index < -0.39 is 37.0 Å². The van der Waals surface area contributed by atoms with Gasteiger partial charge >= 0.3 is 0 Å². The lowest BCUT2D eigenvalue weighted by Crippen LogP contribution is -2.62. The van der Waals surface area contributed by atoms with E-state index in [1.807, 2.05) is 30.3 Å². The van der Waals surface area contributed by atoms with Crippen LogP contribution in [0.25, 0.3) is 0 Å². The highest BCUT2D eigenvalue weighted by atomic mass is 16.8. The van der Waals surface area contributed by atoms with Gasteiger partial charge in [-0.1, -0.05) is 30.3 Å². The molecular weight excluding hydrogens is 276 g/mol. The van der Waals surface area contributed by atoms with E-state index in [1.54, 1.807) is 6.92 Å². The highest BCUT2D eigenvalue weighted by Gasteiger charge is 2.48. The third-order valence-electron chi connectivity index (χ3n) is 3.74. The number of aliphatic hydroxyl groups excluding tert-OH is 2. The summed E-state index contributed by atoms with van der Waals surface area (Å²) in [5.41, 5.74) is 0.967. The topological polar surface area (TPSA) is 77.4 Å². The highest BCUT2D eigenvalue weighted by Crippen LogP contribution is 2.29. The molecule has 0 saturated carbocycles. The second kappa shape index (κ2) is 6.39. The Morgan fingerprint density at radius 3 is 2.67 bits per heavy atom. The van der Waals surface area contributed by atoms with E-state index in [4.69, 9.17) is 18.9 Å². The van der Waals surface area contributed by atoms with E-state index >= 15 is 0 Å². The van der Waals surface area contributed by atoms with Crippen molar-refractivity contribution in [1.29, 1.82) is 0 Å². The summed E-state index contributed by atoms with van der Waals surface area (Å²) < 4.78 is 22.1. The molecule has 0 radical (unpaired) electrons. The number of hydrogen-bond donors (Lipinski definition) is 2. The number of aliphatic hydroxyl groups is 2. The van der Waals surface area contributed by atoms with Gasteiger partial charge in [0.1, 0.15) is 24.4 Å². The second-order valence-electron chi connectivity index (χ2n) is 5.32. The van der Waals surface area contributed by atoms with Crippen LogP contribution < -0.4 is 0 Å². The monoisotopic (exact) mass is 296 g/mol. The van der Waals surface area contributed by atoms with E-state index in [0.29, 0.717) is 13.2 Å². The summed E-state index contributed by atoms with van der Waals surface area (Å²) in [6, 6.07) is 9.57. The average Bonchev–Trinajstić information content (AvgIpc) is 2.51. The highest BCUT2D eigenvalue weighted by molar-refractivity contribution is 5.13. The maximum Gasteiger partial charge on any atom is 0.187 e. The summed E-state index contributed by atoms with van der Waals surface area (Å²) in [6.45, 7) is 2.35. The molecule has 1 aromatic carbocycles. The molecule has 0 amide bonds. The molecule has 0 aromatic heterocycles. The molecule has 0 spiro atoms. The molecule has 2 fully saturated rings. The van der Waals surface area contributed by atoms with Crippen LogP contribution in [0.2, 0.25) is 0 Å². The van der Waals surface area contributed by atoms with E-state index in [0.717, 1.165) is 5.56 Å². The van der Waals surface area contributed by atoms with Crippen molar-refractivity contribution in [3.8, 4) is 0 Å². The number of fused-ring (bicyclic) bond motifs is 1. The number of rotatable bonds is 3. The fourth-order valence-electron chi connectivity index (χ4n) is 2.59. The van der Waals surface area contributed by atoms with E-state index in [-0.39, 0.29) is 0 Å². The van der Waals surface area contributed by atoms with Gasteiger partial charge in [-0.15, -0.1) is 0 Å². The van der Waals surface area contributed by atoms with Gasteiger partial charge in [-0.2, -0.15) is 0 Å². The molecule has 2 aliphatic heterocycles. The third-order valence-corrected chi connectivity index (χ3v) is 3.74. The molecule has 21 heavy (non-hydrogen) atoms. The largest absolute Gasteiger partial charge is 0.387 e. The Kier molecular flexibility index (Phi) is 4.54. The standard InChI is InChI=1S/C15H20O6/c1-9-18-8-11-14(20-9)12(16)13(17)15(21-11)19-7-10-5-3-2-4-6-10/h2-6,9,11-17H,7-8H2,1H3/t9?,11-,12-,13-,14-,15-/m1/s1. The Hall–Kier alpha value is -1.02. The molecule has 2 aliphatic rings. The van der Waals surface area contributed by atoms with Gasteiger partial charge in [0, 0.05) is 0 Å². The fraction of sp³-hybridized carbons (Fsp3) is 0.600. The predicted octanol–water partition coefficient (Wildman–Crippen LogP) is 0.411. The van der Waals surface area contributed by atoms with Gasteiger partial charge in [-0.3, -0.25) is 0 Å². The first-order valence-electron chi connectivity index (χ1n) is 7.09. The third kappa shape index (κ3) is 3.26. The lowest BCUT2D eigenvalue weighted by Gasteiger charge is -2.45. The van der Waals surface area contributed by atoms with Crippen molar-refractivity contribution in [1.82, 2.24) is 0 Å². The zero-order valence-corrected chi connectivity index (χ0v) is 11.8. The lowest BCUT2D eigenvalue weighted by molar-refractivity contribution is -0.357. The van der Waals surface area contributed by atoms with Gasteiger partial charge in [0.25, 0.3) is 0 Å². The van der Waals surface area contributed by atoms with Crippen LogP contribution in [0.15, 0.2) is 30.3 Å². The van der Waals surface area contributed by atoms with Gasteiger partial charge in [-0.05, 0) is 12.5 Å². The smallest absolute Gasteiger partial charge is 0.187 e. The van der Waals surface area contributed by atoms with Crippen molar-refractivity contribution in [2.75, 3.05) is 6.61 Å². The lowest BCUT2D eigenvalue weighted by atomic mass is 9.98. The maximum absolute atomic E-state index is 10.2. The minimum atomic E-state index is -1.15. The summed E-state index contributed by atoms with van der Waals surface area (Å²) in [7, 11) is 0. The molecule has 6 heteroatoms. The van der Waals surface area contributed by atoms with Gasteiger partial charge < -0.3 is 29.2 Å². The first kappa shape index (κ1) is 14.9. The number of benzene rings is 1. The van der Waals surface area contributed by atoms with Gasteiger partial charge in [0.2, 0.25) is 0 Å². The minimum Gasteiger partial charge on any atom is -0.387 e. The predicted molar refractivity (Wildman–Crippen MR) is 72.2 cm³/mol. The molecular formula is C15H20O6. The second-order valence-corrected chi connectivity index (χ2v) is 5.32. The van der Waals surface area contributed by atoms with Crippen LogP contribution >= 0.6 is 0 Å². The molecule has 3 rings (SSSR count). The van der Waals surface area contributed by atoms with Crippen molar-refractivity contribution in [2.24, 2.45) is 0 Å². The summed E-state index contributed by atoms with van der Waals surface area (Å²) in [5.74, 6) is 0. The van der Waals surface area contributed by atoms with Gasteiger partial charge in [-0.25, -0.2) is 0 Å². The SMILES string of the molecule is CC1OC[C@H]2O[C@@H](OCc3ccccc3)[C@H](O)[C@@H](O)[C@@H]2O1. The molecule has 1 aromatic rings. The van der Waals surface area contributed by atoms with Crippen LogP contribution in [0.3, 0.4) is 0 Å². The molecule has 2 saturated heterocycles. The van der Waals surface area contributed by atoms with Crippen molar-refractivity contribution in [2.45, 2.75) is 50.5 Å². The summed E-state index contributed by atoms with van der Waals surface area (Å²) in [4.78, 5) is 0. The van der Waals surface area contributed by atoms with Gasteiger partial charge in [0.15, 0.2) is 12.6 Å². The Balaban J connectivity index is 1.61. The zero-order chi connectivity index (χ0) is 14.8. The average molecular weight is 296 g/mol. The van der Waals surface area contributed by atoms with Crippen molar-refractivity contribution in [3.63, 3.8) is 0 Å². The Morgan fingerprint density at radius 2 is 1.90 bits per heavy atom. The fourth-order valence-corrected chi connectivity index (χ4v) is 2.59. The first-order valence-corrected chi connectivity index (χ1v) is 7.09. The quantitative estimate of drug-likeness (QED) is 0.841. The van der Waals surface area contributed by atoms with E-state index in [9.17, 15) is 10.2 Å². The molecule has 0 bridgehead atoms. The van der Waals surface area contributed by atoms with Crippen LogP contribution in [0, 0.1) is 0 Å². The molecule has 0 aliphatic carbocycles.